The molecule has 2 rings (SSSR count). The second kappa shape index (κ2) is 8.29. The standard InChI is InChI=1S/C16H23N3O3/c1-18-16(19-7-9-21-10-8-19)11-13(17)12-22-15-5-3-14(20-2)4-6-15/h3-6,11H,7-10,12,17H2,1-2H3. The van der Waals surface area contributed by atoms with Gasteiger partial charge in [-0.2, -0.15) is 0 Å². The fraction of sp³-hybridized carbons (Fsp3) is 0.438. The predicted molar refractivity (Wildman–Crippen MR) is 86.5 cm³/mol. The van der Waals surface area contributed by atoms with E-state index in [1.807, 2.05) is 30.3 Å². The third-order valence-electron chi connectivity index (χ3n) is 3.34. The highest BCUT2D eigenvalue weighted by atomic mass is 16.5. The first kappa shape index (κ1) is 16.2. The molecule has 1 aromatic rings. The summed E-state index contributed by atoms with van der Waals surface area (Å²) in [6.45, 7) is 3.41. The number of hydrogen-bond acceptors (Lipinski definition) is 5. The highest BCUT2D eigenvalue weighted by Crippen LogP contribution is 2.17. The lowest BCUT2D eigenvalue weighted by Gasteiger charge is -2.28. The van der Waals surface area contributed by atoms with Gasteiger partial charge in [-0.1, -0.05) is 0 Å². The van der Waals surface area contributed by atoms with Crippen molar-refractivity contribution in [3.8, 4) is 11.5 Å². The molecule has 6 nitrogen and oxygen atoms in total. The Balaban J connectivity index is 1.90. The van der Waals surface area contributed by atoms with E-state index in [0.29, 0.717) is 12.3 Å². The summed E-state index contributed by atoms with van der Waals surface area (Å²) >= 11 is 0. The van der Waals surface area contributed by atoms with E-state index in [1.54, 1.807) is 14.2 Å². The second-order valence-electron chi connectivity index (χ2n) is 4.86. The van der Waals surface area contributed by atoms with E-state index in [1.165, 1.54) is 0 Å². The molecular formula is C16H23N3O3. The van der Waals surface area contributed by atoms with Gasteiger partial charge in [0.2, 0.25) is 0 Å². The molecule has 0 aromatic heterocycles. The van der Waals surface area contributed by atoms with Crippen LogP contribution in [0.3, 0.4) is 0 Å². The molecule has 0 spiro atoms. The maximum atomic E-state index is 6.03. The Labute approximate surface area is 131 Å². The van der Waals surface area contributed by atoms with Crippen LogP contribution >= 0.6 is 0 Å². The molecule has 1 heterocycles. The van der Waals surface area contributed by atoms with Crippen LogP contribution in [0, 0.1) is 0 Å². The summed E-state index contributed by atoms with van der Waals surface area (Å²) in [4.78, 5) is 6.44. The Morgan fingerprint density at radius 2 is 1.91 bits per heavy atom. The van der Waals surface area contributed by atoms with Gasteiger partial charge in [-0.05, 0) is 24.3 Å². The molecule has 6 heteroatoms. The number of ether oxygens (including phenoxy) is 3. The van der Waals surface area contributed by atoms with Crippen molar-refractivity contribution in [3.63, 3.8) is 0 Å². The lowest BCUT2D eigenvalue weighted by molar-refractivity contribution is 0.0684. The van der Waals surface area contributed by atoms with Crippen LogP contribution < -0.4 is 15.2 Å². The highest BCUT2D eigenvalue weighted by Gasteiger charge is 2.13. The maximum Gasteiger partial charge on any atom is 0.128 e. The van der Waals surface area contributed by atoms with Gasteiger partial charge >= 0.3 is 0 Å². The van der Waals surface area contributed by atoms with Gasteiger partial charge in [0.15, 0.2) is 0 Å². The van der Waals surface area contributed by atoms with Crippen molar-refractivity contribution in [2.24, 2.45) is 10.7 Å². The number of methoxy groups -OCH3 is 1. The van der Waals surface area contributed by atoms with Crippen LogP contribution in [0.1, 0.15) is 0 Å². The first-order valence-corrected chi connectivity index (χ1v) is 7.25. The molecule has 0 saturated carbocycles. The van der Waals surface area contributed by atoms with Crippen LogP contribution in [0.25, 0.3) is 0 Å². The largest absolute Gasteiger partial charge is 0.497 e. The Morgan fingerprint density at radius 3 is 2.50 bits per heavy atom. The number of amidine groups is 1. The van der Waals surface area contributed by atoms with E-state index < -0.39 is 0 Å². The van der Waals surface area contributed by atoms with Crippen molar-refractivity contribution in [1.82, 2.24) is 4.90 Å². The average molecular weight is 305 g/mol. The number of benzene rings is 1. The van der Waals surface area contributed by atoms with Crippen molar-refractivity contribution in [2.75, 3.05) is 47.1 Å². The average Bonchev–Trinajstić information content (AvgIpc) is 2.59. The number of hydrogen-bond donors (Lipinski definition) is 1. The van der Waals surface area contributed by atoms with Gasteiger partial charge in [0.1, 0.15) is 23.9 Å². The van der Waals surface area contributed by atoms with E-state index in [2.05, 4.69) is 9.89 Å². The molecule has 0 radical (unpaired) electrons. The molecule has 120 valence electrons. The van der Waals surface area contributed by atoms with Gasteiger partial charge in [0.05, 0.1) is 20.3 Å². The van der Waals surface area contributed by atoms with Crippen LogP contribution in [0.2, 0.25) is 0 Å². The van der Waals surface area contributed by atoms with E-state index in [0.717, 1.165) is 43.6 Å². The van der Waals surface area contributed by atoms with Gasteiger partial charge in [0.25, 0.3) is 0 Å². The molecule has 0 bridgehead atoms. The SMILES string of the molecule is CN=C(C=C(N)COc1ccc(OC)cc1)N1CCOCC1. The molecule has 1 saturated heterocycles. The maximum absolute atomic E-state index is 6.03. The third-order valence-corrected chi connectivity index (χ3v) is 3.34. The quantitative estimate of drug-likeness (QED) is 0.655. The zero-order chi connectivity index (χ0) is 15.8. The number of morpholine rings is 1. The van der Waals surface area contributed by atoms with Crippen LogP contribution in [0.15, 0.2) is 41.0 Å². The van der Waals surface area contributed by atoms with Crippen LogP contribution in [-0.4, -0.2) is 57.8 Å². The first-order chi connectivity index (χ1) is 10.7. The zero-order valence-electron chi connectivity index (χ0n) is 13.1. The highest BCUT2D eigenvalue weighted by molar-refractivity contribution is 5.93. The van der Waals surface area contributed by atoms with E-state index in [9.17, 15) is 0 Å². The smallest absolute Gasteiger partial charge is 0.128 e. The molecule has 1 aliphatic rings. The summed E-state index contributed by atoms with van der Waals surface area (Å²) in [5.41, 5.74) is 6.66. The molecule has 1 aliphatic heterocycles. The summed E-state index contributed by atoms with van der Waals surface area (Å²) < 4.78 is 16.1. The molecule has 1 aromatic carbocycles. The van der Waals surface area contributed by atoms with Crippen LogP contribution in [0.4, 0.5) is 0 Å². The van der Waals surface area contributed by atoms with Crippen molar-refractivity contribution in [1.29, 1.82) is 0 Å². The van der Waals surface area contributed by atoms with Crippen molar-refractivity contribution < 1.29 is 14.2 Å². The molecule has 0 amide bonds. The molecule has 2 N–H and O–H groups in total. The lowest BCUT2D eigenvalue weighted by atomic mass is 10.3. The van der Waals surface area contributed by atoms with Gasteiger partial charge in [-0.3, -0.25) is 4.99 Å². The topological polar surface area (TPSA) is 69.3 Å². The normalized spacial score (nSPS) is 16.5. The zero-order valence-corrected chi connectivity index (χ0v) is 13.1. The van der Waals surface area contributed by atoms with E-state index in [4.69, 9.17) is 19.9 Å². The van der Waals surface area contributed by atoms with Gasteiger partial charge in [-0.25, -0.2) is 0 Å². The monoisotopic (exact) mass is 305 g/mol. The van der Waals surface area contributed by atoms with Crippen LogP contribution in [-0.2, 0) is 4.74 Å². The summed E-state index contributed by atoms with van der Waals surface area (Å²) in [5, 5.41) is 0. The summed E-state index contributed by atoms with van der Waals surface area (Å²) in [6, 6.07) is 7.40. The number of nitrogens with two attached hydrogens (primary N) is 1. The molecule has 0 aliphatic carbocycles. The van der Waals surface area contributed by atoms with Crippen LogP contribution in [0.5, 0.6) is 11.5 Å². The van der Waals surface area contributed by atoms with E-state index >= 15 is 0 Å². The van der Waals surface area contributed by atoms with E-state index in [-0.39, 0.29) is 0 Å². The summed E-state index contributed by atoms with van der Waals surface area (Å²) in [6.07, 6.45) is 1.86. The molecule has 22 heavy (non-hydrogen) atoms. The number of rotatable bonds is 5. The Morgan fingerprint density at radius 1 is 1.27 bits per heavy atom. The minimum absolute atomic E-state index is 0.315. The fourth-order valence-electron chi connectivity index (χ4n) is 2.14. The third kappa shape index (κ3) is 4.66. The van der Waals surface area contributed by atoms with Gasteiger partial charge in [0, 0.05) is 31.9 Å². The second-order valence-corrected chi connectivity index (χ2v) is 4.86. The molecule has 0 atom stereocenters. The minimum atomic E-state index is 0.315. The number of aliphatic imine (C=N–C) groups is 1. The number of nitrogens with zero attached hydrogens (tertiary/aromatic N) is 2. The molecule has 1 fully saturated rings. The van der Waals surface area contributed by atoms with Crippen molar-refractivity contribution >= 4 is 5.84 Å². The summed E-state index contributed by atoms with van der Waals surface area (Å²) in [5.74, 6) is 2.40. The van der Waals surface area contributed by atoms with Crippen molar-refractivity contribution in [2.45, 2.75) is 0 Å². The molecular weight excluding hydrogens is 282 g/mol. The predicted octanol–water partition coefficient (Wildman–Crippen LogP) is 1.28. The Hall–Kier alpha value is -2.21. The fourth-order valence-corrected chi connectivity index (χ4v) is 2.14. The lowest BCUT2D eigenvalue weighted by Crippen LogP contribution is -2.40. The Bertz CT molecular complexity index is 520. The van der Waals surface area contributed by atoms with Gasteiger partial charge in [-0.15, -0.1) is 0 Å². The summed E-state index contributed by atoms with van der Waals surface area (Å²) in [7, 11) is 3.40. The Kier molecular flexibility index (Phi) is 6.09. The van der Waals surface area contributed by atoms with Gasteiger partial charge < -0.3 is 24.8 Å². The van der Waals surface area contributed by atoms with Crippen molar-refractivity contribution in [3.05, 3.63) is 36.0 Å². The minimum Gasteiger partial charge on any atom is -0.497 e. The first-order valence-electron chi connectivity index (χ1n) is 7.25. The molecule has 0 unspecified atom stereocenters.